The van der Waals surface area contributed by atoms with Crippen LogP contribution >= 0.6 is 0 Å². The lowest BCUT2D eigenvalue weighted by Gasteiger charge is -2.10. The fourth-order valence-corrected chi connectivity index (χ4v) is 2.81. The maximum absolute atomic E-state index is 12.9. The summed E-state index contributed by atoms with van der Waals surface area (Å²) in [5.41, 5.74) is 12.4. The molecule has 0 aliphatic carbocycles. The van der Waals surface area contributed by atoms with Gasteiger partial charge in [0.25, 0.3) is 5.91 Å². The number of furan rings is 1. The standard InChI is InChI=1S/C20H20N8O4/c1-3-10-30-14-8-6-13(7-9-14)17-16(23-27-28(17)19-18(21)25-32-26-19)20(29)24-22-12(2)15-5-4-11-31-15/h4-9,11,22H,2-3,10H2,1H3,(H2,21,25)(H,24,29). The van der Waals surface area contributed by atoms with E-state index in [9.17, 15) is 4.79 Å². The summed E-state index contributed by atoms with van der Waals surface area (Å²) in [6, 6.07) is 10.5. The maximum atomic E-state index is 12.9. The van der Waals surface area contributed by atoms with Crippen LogP contribution in [0, 0.1) is 0 Å². The van der Waals surface area contributed by atoms with E-state index in [0.717, 1.165) is 6.42 Å². The average Bonchev–Trinajstić information content (AvgIpc) is 3.56. The first kappa shape index (κ1) is 20.7. The van der Waals surface area contributed by atoms with E-state index in [4.69, 9.17) is 14.9 Å². The number of nitrogens with two attached hydrogens (primary N) is 1. The summed E-state index contributed by atoms with van der Waals surface area (Å²) in [4.78, 5) is 12.9. The predicted octanol–water partition coefficient (Wildman–Crippen LogP) is 2.19. The van der Waals surface area contributed by atoms with Crippen molar-refractivity contribution in [3.63, 3.8) is 0 Å². The Morgan fingerprint density at radius 3 is 2.69 bits per heavy atom. The smallest absolute Gasteiger partial charge is 0.292 e. The molecule has 0 radical (unpaired) electrons. The molecule has 0 spiro atoms. The number of hydrogen-bond donors (Lipinski definition) is 3. The Labute approximate surface area is 182 Å². The summed E-state index contributed by atoms with van der Waals surface area (Å²) < 4.78 is 16.8. The van der Waals surface area contributed by atoms with E-state index in [1.165, 1.54) is 10.9 Å². The van der Waals surface area contributed by atoms with Gasteiger partial charge in [-0.3, -0.25) is 15.6 Å². The summed E-state index contributed by atoms with van der Waals surface area (Å²) in [7, 11) is 0. The van der Waals surface area contributed by atoms with Gasteiger partial charge in [0.1, 0.15) is 11.4 Å². The van der Waals surface area contributed by atoms with Crippen LogP contribution in [0.5, 0.6) is 5.75 Å². The SMILES string of the molecule is C=C(NNC(=O)c1nnn(-c2nonc2N)c1-c1ccc(OCCC)cc1)c1ccco1. The summed E-state index contributed by atoms with van der Waals surface area (Å²) >= 11 is 0. The van der Waals surface area contributed by atoms with Gasteiger partial charge in [0, 0.05) is 5.56 Å². The molecular formula is C20H20N8O4. The number of hydrogen-bond acceptors (Lipinski definition) is 10. The van der Waals surface area contributed by atoms with Crippen LogP contribution in [-0.2, 0) is 0 Å². The van der Waals surface area contributed by atoms with Crippen molar-refractivity contribution in [3.05, 3.63) is 60.7 Å². The van der Waals surface area contributed by atoms with Crippen LogP contribution in [0.2, 0.25) is 0 Å². The van der Waals surface area contributed by atoms with Gasteiger partial charge in [-0.1, -0.05) is 18.7 Å². The lowest BCUT2D eigenvalue weighted by atomic mass is 10.1. The highest BCUT2D eigenvalue weighted by Gasteiger charge is 2.25. The summed E-state index contributed by atoms with van der Waals surface area (Å²) in [6.45, 7) is 6.43. The third-order valence-corrected chi connectivity index (χ3v) is 4.33. The maximum Gasteiger partial charge on any atom is 0.292 e. The van der Waals surface area contributed by atoms with Crippen molar-refractivity contribution < 1.29 is 18.6 Å². The molecule has 1 amide bonds. The van der Waals surface area contributed by atoms with Gasteiger partial charge >= 0.3 is 0 Å². The Morgan fingerprint density at radius 1 is 1.22 bits per heavy atom. The Morgan fingerprint density at radius 2 is 2.03 bits per heavy atom. The number of nitrogen functional groups attached to an aromatic ring is 1. The van der Waals surface area contributed by atoms with Gasteiger partial charge in [-0.05, 0) is 53.1 Å². The van der Waals surface area contributed by atoms with Crippen LogP contribution in [0.3, 0.4) is 0 Å². The third-order valence-electron chi connectivity index (χ3n) is 4.33. The molecule has 0 aliphatic heterocycles. The van der Waals surface area contributed by atoms with Crippen LogP contribution in [0.25, 0.3) is 22.8 Å². The third kappa shape index (κ3) is 4.14. The van der Waals surface area contributed by atoms with Crippen LogP contribution < -0.4 is 21.3 Å². The normalized spacial score (nSPS) is 10.7. The van der Waals surface area contributed by atoms with Crippen molar-refractivity contribution in [2.24, 2.45) is 0 Å². The minimum atomic E-state index is -0.569. The highest BCUT2D eigenvalue weighted by atomic mass is 16.6. The summed E-state index contributed by atoms with van der Waals surface area (Å²) in [5, 5.41) is 15.4. The van der Waals surface area contributed by atoms with Crippen molar-refractivity contribution >= 4 is 17.4 Å². The van der Waals surface area contributed by atoms with E-state index in [1.807, 2.05) is 6.92 Å². The second kappa shape index (κ2) is 9.04. The van der Waals surface area contributed by atoms with E-state index in [2.05, 4.69) is 42.7 Å². The van der Waals surface area contributed by atoms with E-state index in [1.54, 1.807) is 36.4 Å². The lowest BCUT2D eigenvalue weighted by Crippen LogP contribution is -2.36. The number of benzene rings is 1. The Kier molecular flexibility index (Phi) is 5.83. The van der Waals surface area contributed by atoms with Gasteiger partial charge in [0.2, 0.25) is 11.6 Å². The number of amides is 1. The number of anilines is 1. The van der Waals surface area contributed by atoms with Crippen LogP contribution in [0.15, 0.2) is 58.3 Å². The van der Waals surface area contributed by atoms with Crippen LogP contribution in [0.4, 0.5) is 5.82 Å². The van der Waals surface area contributed by atoms with Gasteiger partial charge in [-0.25, -0.2) is 4.63 Å². The number of hydrazine groups is 1. The number of nitrogens with one attached hydrogen (secondary N) is 2. The van der Waals surface area contributed by atoms with Crippen molar-refractivity contribution in [3.8, 4) is 22.8 Å². The highest BCUT2D eigenvalue weighted by molar-refractivity contribution is 5.98. The molecule has 12 nitrogen and oxygen atoms in total. The van der Waals surface area contributed by atoms with Crippen molar-refractivity contribution in [1.29, 1.82) is 0 Å². The first-order valence-electron chi connectivity index (χ1n) is 9.65. The Bertz CT molecular complexity index is 1210. The van der Waals surface area contributed by atoms with Gasteiger partial charge in [0.05, 0.1) is 18.6 Å². The molecule has 12 heteroatoms. The molecule has 0 aliphatic rings. The van der Waals surface area contributed by atoms with Crippen molar-refractivity contribution in [1.82, 2.24) is 36.2 Å². The van der Waals surface area contributed by atoms with Gasteiger partial charge < -0.3 is 14.9 Å². The van der Waals surface area contributed by atoms with Crippen molar-refractivity contribution in [2.45, 2.75) is 13.3 Å². The highest BCUT2D eigenvalue weighted by Crippen LogP contribution is 2.28. The molecule has 0 fully saturated rings. The second-order valence-corrected chi connectivity index (χ2v) is 6.58. The zero-order valence-corrected chi connectivity index (χ0v) is 17.1. The summed E-state index contributed by atoms with van der Waals surface area (Å²) in [6.07, 6.45) is 2.38. The molecule has 3 aromatic heterocycles. The largest absolute Gasteiger partial charge is 0.494 e. The van der Waals surface area contributed by atoms with Crippen molar-refractivity contribution in [2.75, 3.05) is 12.3 Å². The predicted molar refractivity (Wildman–Crippen MR) is 113 cm³/mol. The zero-order valence-electron chi connectivity index (χ0n) is 17.1. The van der Waals surface area contributed by atoms with Gasteiger partial charge in [-0.2, -0.15) is 4.68 Å². The zero-order chi connectivity index (χ0) is 22.5. The Balaban J connectivity index is 1.65. The number of nitrogens with zero attached hydrogens (tertiary/aromatic N) is 5. The van der Waals surface area contributed by atoms with E-state index >= 15 is 0 Å². The van der Waals surface area contributed by atoms with Crippen LogP contribution in [-0.4, -0.2) is 37.8 Å². The number of carbonyl (C=O) groups is 1. The number of carbonyl (C=O) groups excluding carboxylic acids is 1. The molecule has 0 atom stereocenters. The molecule has 4 rings (SSSR count). The van der Waals surface area contributed by atoms with Gasteiger partial charge in [-0.15, -0.1) is 5.10 Å². The molecule has 32 heavy (non-hydrogen) atoms. The minimum Gasteiger partial charge on any atom is -0.494 e. The summed E-state index contributed by atoms with van der Waals surface area (Å²) in [5.74, 6) is 0.694. The quantitative estimate of drug-likeness (QED) is 0.332. The number of ether oxygens (including phenoxy) is 1. The molecule has 0 saturated carbocycles. The lowest BCUT2D eigenvalue weighted by molar-refractivity contribution is 0.0938. The first-order chi connectivity index (χ1) is 15.6. The topological polar surface area (TPSA) is 159 Å². The second-order valence-electron chi connectivity index (χ2n) is 6.58. The molecular weight excluding hydrogens is 416 g/mol. The number of aromatic nitrogens is 5. The molecule has 0 saturated heterocycles. The molecule has 4 aromatic rings. The monoisotopic (exact) mass is 436 g/mol. The van der Waals surface area contributed by atoms with E-state index in [0.29, 0.717) is 35.1 Å². The first-order valence-corrected chi connectivity index (χ1v) is 9.65. The van der Waals surface area contributed by atoms with Crippen LogP contribution in [0.1, 0.15) is 29.6 Å². The van der Waals surface area contributed by atoms with Gasteiger partial charge in [0.15, 0.2) is 11.5 Å². The molecule has 164 valence electrons. The van der Waals surface area contributed by atoms with E-state index in [-0.39, 0.29) is 17.3 Å². The molecule has 0 unspecified atom stereocenters. The number of rotatable bonds is 9. The average molecular weight is 436 g/mol. The molecule has 3 heterocycles. The molecule has 4 N–H and O–H groups in total. The van der Waals surface area contributed by atoms with E-state index < -0.39 is 5.91 Å². The molecule has 1 aromatic carbocycles. The Hall–Kier alpha value is -4.61. The fourth-order valence-electron chi connectivity index (χ4n) is 2.81. The fraction of sp³-hybridized carbons (Fsp3) is 0.150. The molecule has 0 bridgehead atoms. The minimum absolute atomic E-state index is 0.00432.